The normalized spacial score (nSPS) is 14.9. The maximum atomic E-state index is 8.80. The molecule has 0 aliphatic heterocycles. The second-order valence-corrected chi connectivity index (χ2v) is 1.68. The Morgan fingerprint density at radius 3 is 2.56 bits per heavy atom. The Kier molecular flexibility index (Phi) is 5.27. The molecule has 1 unspecified atom stereocenters. The first-order valence-corrected chi connectivity index (χ1v) is 2.99. The van der Waals surface area contributed by atoms with Crippen LogP contribution < -0.4 is 0 Å². The van der Waals surface area contributed by atoms with Crippen LogP contribution in [0.15, 0.2) is 36.4 Å². The fraction of sp³-hybridized carbons (Fsp3) is 0.143. The van der Waals surface area contributed by atoms with Crippen LogP contribution >= 0.6 is 11.6 Å². The first-order valence-electron chi connectivity index (χ1n) is 2.55. The van der Waals surface area contributed by atoms with E-state index in [4.69, 9.17) is 16.7 Å². The molecule has 0 aromatic rings. The van der Waals surface area contributed by atoms with Crippen molar-refractivity contribution in [3.8, 4) is 0 Å². The molecule has 0 aliphatic rings. The van der Waals surface area contributed by atoms with Gasteiger partial charge in [-0.05, 0) is 0 Å². The molecule has 1 atom stereocenters. The minimum absolute atomic E-state index is 0.571. The molecular formula is C7H9ClO. The molecule has 0 aliphatic carbocycles. The molecule has 50 valence electrons. The number of aliphatic hydroxyl groups is 1. The van der Waals surface area contributed by atoms with Crippen LogP contribution in [0.3, 0.4) is 0 Å². The summed E-state index contributed by atoms with van der Waals surface area (Å²) in [6, 6.07) is 0. The zero-order valence-electron chi connectivity index (χ0n) is 5.00. The van der Waals surface area contributed by atoms with Gasteiger partial charge in [0.05, 0.1) is 6.10 Å². The van der Waals surface area contributed by atoms with Crippen LogP contribution in [0.2, 0.25) is 0 Å². The van der Waals surface area contributed by atoms with Crippen molar-refractivity contribution in [2.45, 2.75) is 6.10 Å². The number of hydrogen-bond acceptors (Lipinski definition) is 1. The van der Waals surface area contributed by atoms with Crippen molar-refractivity contribution in [1.29, 1.82) is 0 Å². The van der Waals surface area contributed by atoms with E-state index in [1.54, 1.807) is 18.2 Å². The molecule has 0 radical (unpaired) electrons. The summed E-state index contributed by atoms with van der Waals surface area (Å²) < 4.78 is 0. The van der Waals surface area contributed by atoms with Crippen LogP contribution in [0, 0.1) is 0 Å². The van der Waals surface area contributed by atoms with Crippen molar-refractivity contribution in [3.63, 3.8) is 0 Å². The van der Waals surface area contributed by atoms with E-state index < -0.39 is 6.10 Å². The van der Waals surface area contributed by atoms with Gasteiger partial charge < -0.3 is 5.11 Å². The van der Waals surface area contributed by atoms with Crippen molar-refractivity contribution < 1.29 is 5.11 Å². The van der Waals surface area contributed by atoms with E-state index in [2.05, 4.69) is 6.58 Å². The third-order valence-corrected chi connectivity index (χ3v) is 0.879. The van der Waals surface area contributed by atoms with Crippen LogP contribution in [-0.4, -0.2) is 11.2 Å². The van der Waals surface area contributed by atoms with Gasteiger partial charge in [0.2, 0.25) is 0 Å². The Morgan fingerprint density at radius 2 is 2.11 bits per heavy atom. The van der Waals surface area contributed by atoms with E-state index in [1.165, 1.54) is 11.6 Å². The third-order valence-electron chi connectivity index (χ3n) is 0.734. The second kappa shape index (κ2) is 5.60. The molecule has 0 aromatic carbocycles. The van der Waals surface area contributed by atoms with Crippen LogP contribution in [0.5, 0.6) is 0 Å². The summed E-state index contributed by atoms with van der Waals surface area (Å²) >= 11 is 5.19. The zero-order valence-corrected chi connectivity index (χ0v) is 5.75. The topological polar surface area (TPSA) is 20.2 Å². The highest BCUT2D eigenvalue weighted by atomic mass is 35.5. The average Bonchev–Trinajstić information content (AvgIpc) is 1.89. The molecule has 0 saturated carbocycles. The summed E-state index contributed by atoms with van der Waals surface area (Å²) in [5.74, 6) is 0. The Morgan fingerprint density at radius 1 is 1.44 bits per heavy atom. The third kappa shape index (κ3) is 5.34. The van der Waals surface area contributed by atoms with E-state index in [1.807, 2.05) is 0 Å². The molecular weight excluding hydrogens is 136 g/mol. The number of halogens is 1. The number of hydrogen-bond donors (Lipinski definition) is 1. The van der Waals surface area contributed by atoms with Gasteiger partial charge in [-0.3, -0.25) is 0 Å². The van der Waals surface area contributed by atoms with E-state index in [0.717, 1.165) is 0 Å². The Bertz CT molecular complexity index is 127. The van der Waals surface area contributed by atoms with Crippen molar-refractivity contribution in [2.24, 2.45) is 0 Å². The highest BCUT2D eigenvalue weighted by Gasteiger charge is 1.83. The predicted molar refractivity (Wildman–Crippen MR) is 40.3 cm³/mol. The summed E-state index contributed by atoms with van der Waals surface area (Å²) in [4.78, 5) is 0. The maximum absolute atomic E-state index is 8.80. The van der Waals surface area contributed by atoms with Crippen LogP contribution in [0.25, 0.3) is 0 Å². The maximum Gasteiger partial charge on any atom is 0.0903 e. The highest BCUT2D eigenvalue weighted by molar-refractivity contribution is 6.25. The molecule has 0 bridgehead atoms. The van der Waals surface area contributed by atoms with E-state index >= 15 is 0 Å². The van der Waals surface area contributed by atoms with Crippen LogP contribution in [-0.2, 0) is 0 Å². The second-order valence-electron chi connectivity index (χ2n) is 1.43. The standard InChI is InChI=1S/C7H9ClO/c1-2-7(9)5-3-4-6-8/h2-7,9H,1H2/b5-3+,6-4+. The van der Waals surface area contributed by atoms with Gasteiger partial charge in [-0.2, -0.15) is 0 Å². The van der Waals surface area contributed by atoms with Crippen LogP contribution in [0.1, 0.15) is 0 Å². The van der Waals surface area contributed by atoms with E-state index in [9.17, 15) is 0 Å². The molecule has 9 heavy (non-hydrogen) atoms. The minimum atomic E-state index is -0.571. The molecule has 2 heteroatoms. The quantitative estimate of drug-likeness (QED) is 0.474. The van der Waals surface area contributed by atoms with Crippen LogP contribution in [0.4, 0.5) is 0 Å². The average molecular weight is 145 g/mol. The van der Waals surface area contributed by atoms with Gasteiger partial charge in [0.15, 0.2) is 0 Å². The largest absolute Gasteiger partial charge is 0.385 e. The first kappa shape index (κ1) is 8.47. The first-order chi connectivity index (χ1) is 4.31. The fourth-order valence-corrected chi connectivity index (χ4v) is 0.383. The van der Waals surface area contributed by atoms with E-state index in [0.29, 0.717) is 0 Å². The Labute approximate surface area is 60.0 Å². The van der Waals surface area contributed by atoms with Gasteiger partial charge in [-0.15, -0.1) is 6.58 Å². The smallest absolute Gasteiger partial charge is 0.0903 e. The Balaban J connectivity index is 3.55. The SMILES string of the molecule is C=CC(O)/C=C/C=C/Cl. The summed E-state index contributed by atoms with van der Waals surface area (Å²) in [5, 5.41) is 8.80. The number of allylic oxidation sites excluding steroid dienone is 2. The summed E-state index contributed by atoms with van der Waals surface area (Å²) in [7, 11) is 0. The van der Waals surface area contributed by atoms with Gasteiger partial charge in [0.1, 0.15) is 0 Å². The zero-order chi connectivity index (χ0) is 7.11. The number of rotatable bonds is 3. The molecule has 1 nitrogen and oxygen atoms in total. The van der Waals surface area contributed by atoms with E-state index in [-0.39, 0.29) is 0 Å². The van der Waals surface area contributed by atoms with Crippen molar-refractivity contribution >= 4 is 11.6 Å². The van der Waals surface area contributed by atoms with Crippen molar-refractivity contribution in [3.05, 3.63) is 36.4 Å². The van der Waals surface area contributed by atoms with Gasteiger partial charge in [0, 0.05) is 5.54 Å². The molecule has 0 spiro atoms. The summed E-state index contributed by atoms with van der Waals surface area (Å²) in [6.45, 7) is 3.38. The van der Waals surface area contributed by atoms with Gasteiger partial charge >= 0.3 is 0 Å². The van der Waals surface area contributed by atoms with Gasteiger partial charge in [-0.1, -0.05) is 35.9 Å². The highest BCUT2D eigenvalue weighted by Crippen LogP contribution is 1.87. The lowest BCUT2D eigenvalue weighted by Crippen LogP contribution is -1.93. The Hall–Kier alpha value is -0.530. The molecule has 0 fully saturated rings. The predicted octanol–water partition coefficient (Wildman–Crippen LogP) is 1.84. The summed E-state index contributed by atoms with van der Waals surface area (Å²) in [6.07, 6.45) is 5.70. The lowest BCUT2D eigenvalue weighted by Gasteiger charge is -1.90. The molecule has 0 aromatic heterocycles. The van der Waals surface area contributed by atoms with Gasteiger partial charge in [0.25, 0.3) is 0 Å². The molecule has 0 heterocycles. The van der Waals surface area contributed by atoms with Crippen molar-refractivity contribution in [2.75, 3.05) is 0 Å². The minimum Gasteiger partial charge on any atom is -0.385 e. The molecule has 0 rings (SSSR count). The lowest BCUT2D eigenvalue weighted by atomic mass is 10.3. The molecule has 0 saturated heterocycles. The monoisotopic (exact) mass is 144 g/mol. The fourth-order valence-electron chi connectivity index (χ4n) is 0.299. The number of aliphatic hydroxyl groups excluding tert-OH is 1. The lowest BCUT2D eigenvalue weighted by molar-refractivity contribution is 0.272. The summed E-state index contributed by atoms with van der Waals surface area (Å²) in [5.41, 5.74) is 1.37. The van der Waals surface area contributed by atoms with Crippen molar-refractivity contribution in [1.82, 2.24) is 0 Å². The molecule has 1 N–H and O–H groups in total. The van der Waals surface area contributed by atoms with Gasteiger partial charge in [-0.25, -0.2) is 0 Å². The molecule has 0 amide bonds.